The summed E-state index contributed by atoms with van der Waals surface area (Å²) in [4.78, 5) is 15.3. The Balaban J connectivity index is 1.70. The summed E-state index contributed by atoms with van der Waals surface area (Å²) in [6, 6.07) is 9.08. The number of H-pyrrole nitrogens is 1. The molecule has 2 N–H and O–H groups in total. The number of aromatic amines is 1. The van der Waals surface area contributed by atoms with Gasteiger partial charge in [-0.05, 0) is 25.5 Å². The smallest absolute Gasteiger partial charge is 0.268 e. The molecule has 8 heteroatoms. The van der Waals surface area contributed by atoms with Gasteiger partial charge in [0.25, 0.3) is 5.91 Å². The molecule has 140 valence electrons. The summed E-state index contributed by atoms with van der Waals surface area (Å²) >= 11 is 0. The van der Waals surface area contributed by atoms with Crippen molar-refractivity contribution in [3.8, 4) is 0 Å². The first-order chi connectivity index (χ1) is 12.4. The predicted molar refractivity (Wildman–Crippen MR) is 97.4 cm³/mol. The highest BCUT2D eigenvalue weighted by Gasteiger charge is 2.28. The number of sulfonamides is 1. The lowest BCUT2D eigenvalue weighted by atomic mass is 10.1. The molecule has 1 saturated heterocycles. The molecule has 0 saturated carbocycles. The number of nitrogens with one attached hydrogen (secondary N) is 2. The van der Waals surface area contributed by atoms with Crippen molar-refractivity contribution in [1.82, 2.24) is 14.6 Å². The number of aromatic nitrogens is 1. The van der Waals surface area contributed by atoms with E-state index in [1.807, 2.05) is 38.1 Å². The van der Waals surface area contributed by atoms with Crippen LogP contribution in [0, 0.1) is 6.92 Å². The van der Waals surface area contributed by atoms with Crippen LogP contribution in [0.25, 0.3) is 0 Å². The maximum Gasteiger partial charge on any atom is 0.268 e. The van der Waals surface area contributed by atoms with Gasteiger partial charge in [0.1, 0.15) is 10.6 Å². The minimum Gasteiger partial charge on any atom is -0.379 e. The van der Waals surface area contributed by atoms with Crippen LogP contribution in [0.4, 0.5) is 0 Å². The van der Waals surface area contributed by atoms with Crippen molar-refractivity contribution in [1.29, 1.82) is 0 Å². The molecule has 2 heterocycles. The number of aryl methyl sites for hydroxylation is 1. The molecular weight excluding hydrogens is 354 g/mol. The van der Waals surface area contributed by atoms with Crippen LogP contribution in [0.2, 0.25) is 0 Å². The molecule has 26 heavy (non-hydrogen) atoms. The average Bonchev–Trinajstić information content (AvgIpc) is 3.14. The summed E-state index contributed by atoms with van der Waals surface area (Å²) in [5.41, 5.74) is 2.35. The van der Waals surface area contributed by atoms with Gasteiger partial charge in [0.15, 0.2) is 0 Å². The van der Waals surface area contributed by atoms with Gasteiger partial charge >= 0.3 is 0 Å². The molecule has 1 aromatic carbocycles. The van der Waals surface area contributed by atoms with E-state index in [1.54, 1.807) is 0 Å². The molecular formula is C18H23N3O4S. The lowest BCUT2D eigenvalue weighted by Gasteiger charge is -2.25. The van der Waals surface area contributed by atoms with Gasteiger partial charge in [-0.25, -0.2) is 8.42 Å². The number of morpholine rings is 1. The molecule has 7 nitrogen and oxygen atoms in total. The fourth-order valence-corrected chi connectivity index (χ4v) is 4.21. The molecule has 1 amide bonds. The molecule has 1 aromatic heterocycles. The van der Waals surface area contributed by atoms with E-state index in [-0.39, 0.29) is 22.5 Å². The Morgan fingerprint density at radius 1 is 1.23 bits per heavy atom. The molecule has 1 aliphatic heterocycles. The summed E-state index contributed by atoms with van der Waals surface area (Å²) in [5, 5.41) is 2.88. The van der Waals surface area contributed by atoms with Crippen LogP contribution in [-0.4, -0.2) is 49.9 Å². The van der Waals surface area contributed by atoms with Gasteiger partial charge in [-0.15, -0.1) is 0 Å². The van der Waals surface area contributed by atoms with Crippen LogP contribution in [0.5, 0.6) is 0 Å². The Kier molecular flexibility index (Phi) is 5.45. The van der Waals surface area contributed by atoms with Crippen molar-refractivity contribution >= 4 is 15.9 Å². The molecule has 0 radical (unpaired) electrons. The number of ether oxygens (including phenoxy) is 1. The highest BCUT2D eigenvalue weighted by atomic mass is 32.2. The molecule has 0 bridgehead atoms. The molecule has 0 spiro atoms. The molecule has 1 atom stereocenters. The normalized spacial score (nSPS) is 17.0. The third-order valence-corrected chi connectivity index (χ3v) is 6.31. The zero-order valence-corrected chi connectivity index (χ0v) is 15.7. The van der Waals surface area contributed by atoms with Gasteiger partial charge < -0.3 is 15.0 Å². The average molecular weight is 377 g/mol. The summed E-state index contributed by atoms with van der Waals surface area (Å²) < 4.78 is 31.8. The quantitative estimate of drug-likeness (QED) is 0.832. The van der Waals surface area contributed by atoms with Crippen molar-refractivity contribution in [3.05, 3.63) is 53.3 Å². The predicted octanol–water partition coefficient (Wildman–Crippen LogP) is 1.84. The summed E-state index contributed by atoms with van der Waals surface area (Å²) in [5.74, 6) is -0.346. The van der Waals surface area contributed by atoms with Crippen molar-refractivity contribution in [2.75, 3.05) is 26.3 Å². The fraction of sp³-hybridized carbons (Fsp3) is 0.389. The van der Waals surface area contributed by atoms with Crippen molar-refractivity contribution in [2.45, 2.75) is 24.8 Å². The van der Waals surface area contributed by atoms with Crippen LogP contribution in [0.3, 0.4) is 0 Å². The molecule has 1 aliphatic rings. The van der Waals surface area contributed by atoms with Gasteiger partial charge in [-0.3, -0.25) is 4.79 Å². The highest BCUT2D eigenvalue weighted by Crippen LogP contribution is 2.19. The molecule has 3 rings (SSSR count). The van der Waals surface area contributed by atoms with Gasteiger partial charge in [0, 0.05) is 19.3 Å². The van der Waals surface area contributed by atoms with Crippen LogP contribution < -0.4 is 5.32 Å². The minimum atomic E-state index is -3.62. The second-order valence-corrected chi connectivity index (χ2v) is 8.31. The van der Waals surface area contributed by atoms with Crippen LogP contribution in [-0.2, 0) is 14.8 Å². The van der Waals surface area contributed by atoms with Crippen molar-refractivity contribution < 1.29 is 17.9 Å². The Morgan fingerprint density at radius 3 is 2.54 bits per heavy atom. The zero-order valence-electron chi connectivity index (χ0n) is 14.9. The largest absolute Gasteiger partial charge is 0.379 e. The van der Waals surface area contributed by atoms with E-state index in [0.29, 0.717) is 26.3 Å². The Hall–Kier alpha value is -2.16. The lowest BCUT2D eigenvalue weighted by Crippen LogP contribution is -2.40. The second-order valence-electron chi connectivity index (χ2n) is 6.37. The summed E-state index contributed by atoms with van der Waals surface area (Å²) in [6.45, 7) is 5.29. The number of hydrogen-bond acceptors (Lipinski definition) is 4. The molecule has 1 unspecified atom stereocenters. The van der Waals surface area contributed by atoms with E-state index in [4.69, 9.17) is 4.74 Å². The lowest BCUT2D eigenvalue weighted by molar-refractivity contribution is 0.0730. The Labute approximate surface area is 153 Å². The monoisotopic (exact) mass is 377 g/mol. The number of hydrogen-bond donors (Lipinski definition) is 2. The first-order valence-electron chi connectivity index (χ1n) is 8.51. The van der Waals surface area contributed by atoms with Crippen LogP contribution in [0.1, 0.15) is 34.6 Å². The maximum atomic E-state index is 12.6. The van der Waals surface area contributed by atoms with Crippen molar-refractivity contribution in [2.24, 2.45) is 0 Å². The van der Waals surface area contributed by atoms with Crippen molar-refractivity contribution in [3.63, 3.8) is 0 Å². The van der Waals surface area contributed by atoms with E-state index in [1.165, 1.54) is 16.6 Å². The minimum absolute atomic E-state index is 0.0903. The van der Waals surface area contributed by atoms with Crippen LogP contribution in [0.15, 0.2) is 41.4 Å². The van der Waals surface area contributed by atoms with E-state index in [2.05, 4.69) is 10.3 Å². The summed E-state index contributed by atoms with van der Waals surface area (Å²) in [7, 11) is -3.62. The number of amides is 1. The highest BCUT2D eigenvalue weighted by molar-refractivity contribution is 7.89. The number of nitrogens with zero attached hydrogens (tertiary/aromatic N) is 1. The third-order valence-electron chi connectivity index (χ3n) is 4.43. The number of carbonyl (C=O) groups excluding carboxylic acids is 1. The third kappa shape index (κ3) is 3.98. The van der Waals surface area contributed by atoms with Crippen LogP contribution >= 0.6 is 0 Å². The fourth-order valence-electron chi connectivity index (χ4n) is 2.80. The van der Waals surface area contributed by atoms with Gasteiger partial charge in [0.2, 0.25) is 10.0 Å². The number of carbonyl (C=O) groups is 1. The van der Waals surface area contributed by atoms with Gasteiger partial charge in [-0.2, -0.15) is 4.31 Å². The molecule has 0 aliphatic carbocycles. The first-order valence-corrected chi connectivity index (χ1v) is 9.95. The van der Waals surface area contributed by atoms with Gasteiger partial charge in [-0.1, -0.05) is 29.8 Å². The standard InChI is InChI=1S/C18H23N3O4S/c1-13-3-5-15(6-4-13)14(2)20-18(22)17-11-16(12-19-17)26(23,24)21-7-9-25-10-8-21/h3-6,11-12,14,19H,7-10H2,1-2H3,(H,20,22). The first kappa shape index (κ1) is 18.6. The number of benzene rings is 1. The number of rotatable bonds is 5. The maximum absolute atomic E-state index is 12.6. The second kappa shape index (κ2) is 7.61. The molecule has 1 fully saturated rings. The molecule has 2 aromatic rings. The topological polar surface area (TPSA) is 91.5 Å². The van der Waals surface area contributed by atoms with Gasteiger partial charge in [0.05, 0.1) is 19.3 Å². The summed E-state index contributed by atoms with van der Waals surface area (Å²) in [6.07, 6.45) is 1.36. The Morgan fingerprint density at radius 2 is 1.88 bits per heavy atom. The SMILES string of the molecule is Cc1ccc(C(C)NC(=O)c2cc(S(=O)(=O)N3CCOCC3)c[nH]2)cc1. The van der Waals surface area contributed by atoms with E-state index in [9.17, 15) is 13.2 Å². The van der Waals surface area contributed by atoms with E-state index >= 15 is 0 Å². The Bertz CT molecular complexity index is 868. The van der Waals surface area contributed by atoms with E-state index < -0.39 is 10.0 Å². The zero-order chi connectivity index (χ0) is 18.7. The van der Waals surface area contributed by atoms with E-state index in [0.717, 1.165) is 11.1 Å².